The Bertz CT molecular complexity index is 2500. The molecular weight excluding hydrogens is 605 g/mol. The summed E-state index contributed by atoms with van der Waals surface area (Å²) < 4.78 is 0. The molecule has 0 aliphatic rings. The molecule has 0 saturated carbocycles. The Morgan fingerprint density at radius 2 is 0.660 bits per heavy atom. The molecular formula is C48H34N2. The van der Waals surface area contributed by atoms with Crippen molar-refractivity contribution in [2.45, 2.75) is 0 Å². The molecule has 0 saturated heterocycles. The minimum Gasteiger partial charge on any atom is -0.310 e. The van der Waals surface area contributed by atoms with Gasteiger partial charge >= 0.3 is 0 Å². The third-order valence-electron chi connectivity index (χ3n) is 9.56. The van der Waals surface area contributed by atoms with Gasteiger partial charge in [0, 0.05) is 33.7 Å². The molecule has 0 aliphatic heterocycles. The first-order valence-corrected chi connectivity index (χ1v) is 17.1. The first-order valence-electron chi connectivity index (χ1n) is 17.1. The van der Waals surface area contributed by atoms with E-state index in [0.29, 0.717) is 0 Å². The molecule has 9 rings (SSSR count). The van der Waals surface area contributed by atoms with Crippen LogP contribution >= 0.6 is 0 Å². The van der Waals surface area contributed by atoms with Gasteiger partial charge in [-0.05, 0) is 105 Å². The highest BCUT2D eigenvalue weighted by atomic mass is 15.1. The molecule has 0 heterocycles. The zero-order chi connectivity index (χ0) is 33.3. The predicted molar refractivity (Wildman–Crippen MR) is 214 cm³/mol. The van der Waals surface area contributed by atoms with Crippen molar-refractivity contribution in [2.75, 3.05) is 9.80 Å². The van der Waals surface area contributed by atoms with Crippen LogP contribution in [0, 0.1) is 0 Å². The molecule has 0 atom stereocenters. The summed E-state index contributed by atoms with van der Waals surface area (Å²) in [5.74, 6) is 0. The highest BCUT2D eigenvalue weighted by molar-refractivity contribution is 6.21. The lowest BCUT2D eigenvalue weighted by molar-refractivity contribution is 1.29. The van der Waals surface area contributed by atoms with E-state index in [9.17, 15) is 0 Å². The highest BCUT2D eigenvalue weighted by Gasteiger charge is 2.23. The van der Waals surface area contributed by atoms with Crippen molar-refractivity contribution in [2.24, 2.45) is 0 Å². The summed E-state index contributed by atoms with van der Waals surface area (Å²) in [4.78, 5) is 4.78. The summed E-state index contributed by atoms with van der Waals surface area (Å²) in [5, 5.41) is 7.26. The molecule has 0 amide bonds. The fourth-order valence-electron chi connectivity index (χ4n) is 7.33. The van der Waals surface area contributed by atoms with Gasteiger partial charge in [0.2, 0.25) is 0 Å². The third-order valence-corrected chi connectivity index (χ3v) is 9.56. The van der Waals surface area contributed by atoms with E-state index in [4.69, 9.17) is 0 Å². The van der Waals surface area contributed by atoms with Gasteiger partial charge in [0.15, 0.2) is 0 Å². The lowest BCUT2D eigenvalue weighted by Gasteiger charge is -2.30. The van der Waals surface area contributed by atoms with E-state index < -0.39 is 0 Å². The van der Waals surface area contributed by atoms with Crippen molar-refractivity contribution in [1.82, 2.24) is 0 Å². The second-order valence-corrected chi connectivity index (χ2v) is 12.6. The Balaban J connectivity index is 1.40. The van der Waals surface area contributed by atoms with Crippen LogP contribution in [0.25, 0.3) is 43.4 Å². The maximum atomic E-state index is 2.40. The van der Waals surface area contributed by atoms with Crippen molar-refractivity contribution in [3.63, 3.8) is 0 Å². The minimum atomic E-state index is 1.11. The fraction of sp³-hybridized carbons (Fsp3) is 0. The van der Waals surface area contributed by atoms with Gasteiger partial charge in [-0.2, -0.15) is 0 Å². The van der Waals surface area contributed by atoms with Crippen LogP contribution in [-0.4, -0.2) is 0 Å². The lowest BCUT2D eigenvalue weighted by Crippen LogP contribution is -2.12. The van der Waals surface area contributed by atoms with Crippen LogP contribution in [-0.2, 0) is 0 Å². The highest BCUT2D eigenvalue weighted by Crippen LogP contribution is 2.48. The van der Waals surface area contributed by atoms with Gasteiger partial charge in [-0.15, -0.1) is 0 Å². The first kappa shape index (κ1) is 29.5. The van der Waals surface area contributed by atoms with Crippen LogP contribution in [0.15, 0.2) is 206 Å². The van der Waals surface area contributed by atoms with Crippen LogP contribution in [0.1, 0.15) is 0 Å². The summed E-state index contributed by atoms with van der Waals surface area (Å²) >= 11 is 0. The number of benzene rings is 9. The number of rotatable bonds is 7. The van der Waals surface area contributed by atoms with Gasteiger partial charge < -0.3 is 9.80 Å². The summed E-state index contributed by atoms with van der Waals surface area (Å²) in [6.45, 7) is 0. The Morgan fingerprint density at radius 1 is 0.260 bits per heavy atom. The number of nitrogens with zero attached hydrogens (tertiary/aromatic N) is 2. The monoisotopic (exact) mass is 638 g/mol. The molecule has 0 fully saturated rings. The van der Waals surface area contributed by atoms with Gasteiger partial charge in [0.05, 0.1) is 11.4 Å². The number of anilines is 6. The molecule has 2 heteroatoms. The maximum absolute atomic E-state index is 2.40. The average molecular weight is 639 g/mol. The Morgan fingerprint density at radius 3 is 1.20 bits per heavy atom. The second kappa shape index (κ2) is 12.8. The van der Waals surface area contributed by atoms with Crippen LogP contribution in [0.5, 0.6) is 0 Å². The molecule has 0 unspecified atom stereocenters. The first-order chi connectivity index (χ1) is 24.8. The predicted octanol–water partition coefficient (Wildman–Crippen LogP) is 13.8. The quantitative estimate of drug-likeness (QED) is 0.160. The Labute approximate surface area is 292 Å². The molecule has 0 aliphatic carbocycles. The third kappa shape index (κ3) is 5.24. The number of hydrogen-bond acceptors (Lipinski definition) is 2. The van der Waals surface area contributed by atoms with Gasteiger partial charge in [0.1, 0.15) is 0 Å². The van der Waals surface area contributed by atoms with E-state index >= 15 is 0 Å². The lowest BCUT2D eigenvalue weighted by atomic mass is 9.89. The summed E-state index contributed by atoms with van der Waals surface area (Å²) in [5.41, 5.74) is 9.10. The molecule has 9 aromatic rings. The fourth-order valence-corrected chi connectivity index (χ4v) is 7.33. The van der Waals surface area contributed by atoms with Gasteiger partial charge in [0.25, 0.3) is 0 Å². The van der Waals surface area contributed by atoms with E-state index in [1.807, 2.05) is 0 Å². The summed E-state index contributed by atoms with van der Waals surface area (Å²) in [6, 6.07) is 74.2. The van der Waals surface area contributed by atoms with E-state index in [2.05, 4.69) is 216 Å². The number of para-hydroxylation sites is 4. The van der Waals surface area contributed by atoms with E-state index in [-0.39, 0.29) is 0 Å². The Hall–Kier alpha value is -6.64. The minimum absolute atomic E-state index is 1.11. The van der Waals surface area contributed by atoms with Crippen molar-refractivity contribution < 1.29 is 0 Å². The van der Waals surface area contributed by atoms with E-state index in [1.54, 1.807) is 0 Å². The van der Waals surface area contributed by atoms with Crippen molar-refractivity contribution in [3.05, 3.63) is 206 Å². The SMILES string of the molecule is c1ccc(N(c2ccccc2)c2cc3ccccc3cc2-c2cc3ccccc3c3c(N(c4ccccc4)c4ccccc4)cccc23)cc1. The standard InChI is InChI=1S/C48H34N2/c1-5-21-38(22-6-1)49(39-23-7-2-8-24-39)46-31-17-30-43-44(33-37-20-15-16-29-42(37)48(43)46)45-32-35-18-13-14-19-36(35)34-47(45)50(40-25-9-3-10-26-40)41-27-11-4-12-28-41/h1-34H. The van der Waals surface area contributed by atoms with Crippen molar-refractivity contribution >= 4 is 66.4 Å². The van der Waals surface area contributed by atoms with Crippen LogP contribution in [0.3, 0.4) is 0 Å². The van der Waals surface area contributed by atoms with E-state index in [0.717, 1.165) is 34.1 Å². The summed E-state index contributed by atoms with van der Waals surface area (Å²) in [7, 11) is 0. The normalized spacial score (nSPS) is 11.2. The van der Waals surface area contributed by atoms with Gasteiger partial charge in [-0.3, -0.25) is 0 Å². The molecule has 2 nitrogen and oxygen atoms in total. The van der Waals surface area contributed by atoms with E-state index in [1.165, 1.54) is 43.4 Å². The molecule has 50 heavy (non-hydrogen) atoms. The van der Waals surface area contributed by atoms with Crippen molar-refractivity contribution in [1.29, 1.82) is 0 Å². The number of hydrogen-bond donors (Lipinski definition) is 0. The molecule has 0 spiro atoms. The Kier molecular flexibility index (Phi) is 7.53. The van der Waals surface area contributed by atoms with Crippen LogP contribution < -0.4 is 9.80 Å². The molecule has 0 aromatic heterocycles. The molecule has 0 N–H and O–H groups in total. The molecule has 236 valence electrons. The number of fused-ring (bicyclic) bond motifs is 4. The summed E-state index contributed by atoms with van der Waals surface area (Å²) in [6.07, 6.45) is 0. The van der Waals surface area contributed by atoms with Crippen LogP contribution in [0.4, 0.5) is 34.1 Å². The maximum Gasteiger partial charge on any atom is 0.0546 e. The smallest absolute Gasteiger partial charge is 0.0546 e. The zero-order valence-corrected chi connectivity index (χ0v) is 27.5. The van der Waals surface area contributed by atoms with Gasteiger partial charge in [-0.25, -0.2) is 0 Å². The topological polar surface area (TPSA) is 6.48 Å². The largest absolute Gasteiger partial charge is 0.310 e. The molecule has 0 bridgehead atoms. The molecule has 0 radical (unpaired) electrons. The second-order valence-electron chi connectivity index (χ2n) is 12.6. The van der Waals surface area contributed by atoms with Crippen molar-refractivity contribution in [3.8, 4) is 11.1 Å². The average Bonchev–Trinajstić information content (AvgIpc) is 3.19. The van der Waals surface area contributed by atoms with Gasteiger partial charge in [-0.1, -0.05) is 133 Å². The molecule has 9 aromatic carbocycles. The van der Waals surface area contributed by atoms with Crippen LogP contribution in [0.2, 0.25) is 0 Å². The zero-order valence-electron chi connectivity index (χ0n) is 27.5.